The van der Waals surface area contributed by atoms with Crippen molar-refractivity contribution < 1.29 is 38.4 Å². The molecule has 2 aromatic heterocycles. The summed E-state index contributed by atoms with van der Waals surface area (Å²) in [4.78, 5) is 127. The highest BCUT2D eigenvalue weighted by atomic mass is 35.5. The molecule has 4 amide bonds. The number of carbonyl (C=O) groups excluding carboxylic acids is 8. The number of amides is 4. The predicted octanol–water partition coefficient (Wildman–Crippen LogP) is 18.8. The maximum Gasteiger partial charge on any atom is 0.267 e. The molecule has 0 spiro atoms. The SMILES string of the molecule is O=C1c2c(Cl)c(Cl)c(Cl)c(Cl)c2C(=O)C1c1ccc2c(N3C(=O)c4c(Cl)c(Cl)c(Cl)c(Cl)c4C3=O)c(Cc3ccc4nc(C5C(=O)c6c(Cl)c(Cl)c(Cl)c(Cl)c6C5=O)ccc4c3N3C(=O)c4c(Cl)c(Cl)c(Cl)c(Cl)c4C3=O)ccc2n1. The number of ketones is 4. The maximum absolute atomic E-state index is 14.9. The first-order valence-electron chi connectivity index (χ1n) is 22.5. The Kier molecular flexibility index (Phi) is 14.3. The summed E-state index contributed by atoms with van der Waals surface area (Å²) in [6.07, 6.45) is -0.395. The summed E-state index contributed by atoms with van der Waals surface area (Å²) in [5.74, 6) is -10.6. The monoisotopic (exact) mass is 1390 g/mol. The zero-order valence-corrected chi connectivity index (χ0v) is 50.7. The third kappa shape index (κ3) is 7.94. The van der Waals surface area contributed by atoms with Gasteiger partial charge in [-0.15, -0.1) is 0 Å². The van der Waals surface area contributed by atoms with E-state index in [-0.39, 0.29) is 138 Å². The third-order valence-electron chi connectivity index (χ3n) is 14.1. The number of pyridine rings is 2. The van der Waals surface area contributed by atoms with Crippen molar-refractivity contribution in [1.29, 1.82) is 0 Å². The van der Waals surface area contributed by atoms with Crippen LogP contribution in [0.15, 0.2) is 48.5 Å². The first kappa shape index (κ1) is 57.2. The van der Waals surface area contributed by atoms with E-state index in [0.717, 1.165) is 9.80 Å². The van der Waals surface area contributed by atoms with Gasteiger partial charge in [0.1, 0.15) is 11.8 Å². The number of hydrogen-bond donors (Lipinski definition) is 0. The lowest BCUT2D eigenvalue weighted by molar-refractivity contribution is 0.0872. The van der Waals surface area contributed by atoms with E-state index in [9.17, 15) is 38.4 Å². The minimum absolute atomic E-state index is 0.00000793. The molecule has 404 valence electrons. The molecule has 4 heterocycles. The molecular formula is C53H12Cl16N4O8. The highest BCUT2D eigenvalue weighted by molar-refractivity contribution is 6.60. The highest BCUT2D eigenvalue weighted by Gasteiger charge is 2.49. The van der Waals surface area contributed by atoms with Crippen molar-refractivity contribution in [3.63, 3.8) is 0 Å². The summed E-state index contributed by atoms with van der Waals surface area (Å²) in [5.41, 5.74) is -3.14. The van der Waals surface area contributed by atoms with E-state index in [1.807, 2.05) is 0 Å². The van der Waals surface area contributed by atoms with Gasteiger partial charge in [0.25, 0.3) is 23.6 Å². The second kappa shape index (κ2) is 20.2. The van der Waals surface area contributed by atoms with Gasteiger partial charge in [-0.3, -0.25) is 48.3 Å². The average Bonchev–Trinajstić information content (AvgIpc) is 4.09. The van der Waals surface area contributed by atoms with Gasteiger partial charge in [0, 0.05) is 17.2 Å². The highest BCUT2D eigenvalue weighted by Crippen LogP contribution is 2.53. The minimum atomic E-state index is -1.62. The Balaban J connectivity index is 1.06. The van der Waals surface area contributed by atoms with Gasteiger partial charge in [-0.25, -0.2) is 9.80 Å². The van der Waals surface area contributed by atoms with Crippen LogP contribution in [-0.4, -0.2) is 56.7 Å². The van der Waals surface area contributed by atoms with Crippen molar-refractivity contribution in [3.8, 4) is 0 Å². The molecule has 0 atom stereocenters. The first-order valence-corrected chi connectivity index (χ1v) is 28.5. The largest absolute Gasteiger partial charge is 0.293 e. The summed E-state index contributed by atoms with van der Waals surface area (Å²) in [6, 6.07) is 11.1. The van der Waals surface area contributed by atoms with Gasteiger partial charge in [-0.2, -0.15) is 0 Å². The number of halogens is 16. The molecule has 6 aromatic carbocycles. The lowest BCUT2D eigenvalue weighted by Gasteiger charge is -2.24. The quantitative estimate of drug-likeness (QED) is 0.0676. The van der Waals surface area contributed by atoms with Gasteiger partial charge in [0.15, 0.2) is 23.1 Å². The number of aromatic nitrogens is 2. The summed E-state index contributed by atoms with van der Waals surface area (Å²) in [6.45, 7) is 0. The molecule has 0 unspecified atom stereocenters. The Morgan fingerprint density at radius 1 is 0.296 bits per heavy atom. The van der Waals surface area contributed by atoms with Crippen LogP contribution in [0.25, 0.3) is 21.8 Å². The second-order valence-corrected chi connectivity index (χ2v) is 24.2. The van der Waals surface area contributed by atoms with Crippen LogP contribution in [0.2, 0.25) is 80.4 Å². The summed E-state index contributed by atoms with van der Waals surface area (Å²) < 4.78 is 0. The van der Waals surface area contributed by atoms with E-state index in [0.29, 0.717) is 0 Å². The molecule has 0 radical (unpaired) electrons. The molecule has 4 aliphatic rings. The lowest BCUT2D eigenvalue weighted by Crippen LogP contribution is -2.32. The van der Waals surface area contributed by atoms with Crippen molar-refractivity contribution >= 4 is 266 Å². The number of anilines is 2. The molecule has 28 heteroatoms. The van der Waals surface area contributed by atoms with Crippen molar-refractivity contribution in [3.05, 3.63) is 196 Å². The van der Waals surface area contributed by atoms with Crippen LogP contribution >= 0.6 is 186 Å². The molecule has 0 fully saturated rings. The number of rotatable bonds is 6. The Morgan fingerprint density at radius 3 is 0.778 bits per heavy atom. The predicted molar refractivity (Wildman–Crippen MR) is 317 cm³/mol. The molecule has 2 aliphatic heterocycles. The van der Waals surface area contributed by atoms with Crippen LogP contribution in [0.1, 0.15) is 117 Å². The number of carbonyl (C=O) groups is 8. The van der Waals surface area contributed by atoms with Crippen LogP contribution in [0.5, 0.6) is 0 Å². The second-order valence-electron chi connectivity index (χ2n) is 18.2. The topological polar surface area (TPSA) is 169 Å². The van der Waals surface area contributed by atoms with Gasteiger partial charge in [-0.1, -0.05) is 198 Å². The van der Waals surface area contributed by atoms with Crippen LogP contribution < -0.4 is 9.80 Å². The number of hydrogen-bond acceptors (Lipinski definition) is 10. The molecule has 0 bridgehead atoms. The van der Waals surface area contributed by atoms with Crippen LogP contribution in [-0.2, 0) is 6.42 Å². The minimum Gasteiger partial charge on any atom is -0.293 e. The van der Waals surface area contributed by atoms with Gasteiger partial charge in [0.05, 0.1) is 159 Å². The summed E-state index contributed by atoms with van der Waals surface area (Å²) >= 11 is 103. The fraction of sp³-hybridized carbons (Fsp3) is 0.0566. The third-order valence-corrected chi connectivity index (χ3v) is 21.3. The van der Waals surface area contributed by atoms with Gasteiger partial charge >= 0.3 is 0 Å². The molecule has 0 saturated carbocycles. The normalized spacial score (nSPS) is 15.3. The molecule has 12 rings (SSSR count). The van der Waals surface area contributed by atoms with E-state index >= 15 is 0 Å². The average molecular weight is 1400 g/mol. The molecule has 8 aromatic rings. The molecule has 81 heavy (non-hydrogen) atoms. The van der Waals surface area contributed by atoms with E-state index in [4.69, 9.17) is 196 Å². The molecule has 12 nitrogen and oxygen atoms in total. The van der Waals surface area contributed by atoms with Crippen molar-refractivity contribution in [2.75, 3.05) is 9.80 Å². The Hall–Kier alpha value is -4.26. The number of Topliss-reactive ketones (excluding diaryl/α,β-unsaturated/α-hetero) is 4. The molecule has 0 saturated heterocycles. The standard InChI is InChI=1S/C53H12Cl16N4O8/c54-28-20-21(29(55)37(63)36(28)62)47(75)18(46(20)74)16-7-3-12-14(70-16)5-1-10(44(12)72-50(78)24-25(51(72)79)33(59)41(67)40(66)32(24)58)9-11-2-6-15-13(45(11)73-52(80)26-27(53(73)81)35(61)43(69)42(68)34(26)60)4-8-17(71-15)19-48(76)22-23(49(19)77)31(57)39(65)38(64)30(22)56/h1-8,18-19H,9H2. The van der Waals surface area contributed by atoms with Crippen molar-refractivity contribution in [2.45, 2.75) is 18.3 Å². The molecule has 2 aliphatic carbocycles. The zero-order chi connectivity index (χ0) is 58.3. The van der Waals surface area contributed by atoms with Gasteiger partial charge in [-0.05, 0) is 47.5 Å². The molecular weight excluding hydrogens is 1390 g/mol. The van der Waals surface area contributed by atoms with E-state index in [2.05, 4.69) is 0 Å². The van der Waals surface area contributed by atoms with Crippen LogP contribution in [0.4, 0.5) is 11.4 Å². The van der Waals surface area contributed by atoms with Gasteiger partial charge < -0.3 is 0 Å². The van der Waals surface area contributed by atoms with E-state index < -0.39 is 107 Å². The van der Waals surface area contributed by atoms with E-state index in [1.165, 1.54) is 48.5 Å². The fourth-order valence-electron chi connectivity index (χ4n) is 10.5. The molecule has 0 N–H and O–H groups in total. The zero-order valence-electron chi connectivity index (χ0n) is 38.6. The Bertz CT molecular complexity index is 4100. The Labute approximate surface area is 532 Å². The van der Waals surface area contributed by atoms with Crippen molar-refractivity contribution in [1.82, 2.24) is 9.97 Å². The number of benzene rings is 6. The maximum atomic E-state index is 14.9. The lowest BCUT2D eigenvalue weighted by atomic mass is 9.94. The smallest absolute Gasteiger partial charge is 0.267 e. The fourth-order valence-corrected chi connectivity index (χ4v) is 14.6. The Morgan fingerprint density at radius 2 is 0.531 bits per heavy atom. The van der Waals surface area contributed by atoms with Crippen molar-refractivity contribution in [2.24, 2.45) is 0 Å². The number of nitrogens with zero attached hydrogens (tertiary/aromatic N) is 4. The number of fused-ring (bicyclic) bond motifs is 6. The van der Waals surface area contributed by atoms with Crippen LogP contribution in [0.3, 0.4) is 0 Å². The van der Waals surface area contributed by atoms with Crippen LogP contribution in [0, 0.1) is 0 Å². The first-order chi connectivity index (χ1) is 38.2. The van der Waals surface area contributed by atoms with E-state index in [1.54, 1.807) is 0 Å². The summed E-state index contributed by atoms with van der Waals surface area (Å²) in [5, 5.41) is -5.14. The summed E-state index contributed by atoms with van der Waals surface area (Å²) in [7, 11) is 0. The number of imide groups is 2. The van der Waals surface area contributed by atoms with Gasteiger partial charge in [0.2, 0.25) is 0 Å².